The Bertz CT molecular complexity index is 430. The normalized spacial score (nSPS) is 11.9. The molecule has 4 nitrogen and oxygen atoms in total. The number of hydrogen-bond donors (Lipinski definition) is 2. The van der Waals surface area contributed by atoms with Crippen molar-refractivity contribution in [1.29, 1.82) is 0 Å². The van der Waals surface area contributed by atoms with Crippen LogP contribution >= 0.6 is 0 Å². The quantitative estimate of drug-likeness (QED) is 0.495. The van der Waals surface area contributed by atoms with Crippen molar-refractivity contribution < 1.29 is 22.7 Å². The van der Waals surface area contributed by atoms with E-state index in [4.69, 9.17) is 0 Å². The highest BCUT2D eigenvalue weighted by Crippen LogP contribution is 2.25. The first-order valence-electron chi connectivity index (χ1n) is 4.87. The third kappa shape index (κ3) is 4.00. The number of hydrazine groups is 1. The van der Waals surface area contributed by atoms with Crippen molar-refractivity contribution >= 4 is 11.7 Å². The van der Waals surface area contributed by atoms with E-state index in [1.807, 2.05) is 0 Å². The van der Waals surface area contributed by atoms with Gasteiger partial charge in [-0.15, -0.1) is 0 Å². The van der Waals surface area contributed by atoms with Crippen LogP contribution in [0.15, 0.2) is 42.1 Å². The van der Waals surface area contributed by atoms with Gasteiger partial charge in [-0.3, -0.25) is 0 Å². The van der Waals surface area contributed by atoms with Crippen LogP contribution in [0.2, 0.25) is 0 Å². The number of halogens is 3. The summed E-state index contributed by atoms with van der Waals surface area (Å²) in [6, 6.07) is 8.46. The fourth-order valence-corrected chi connectivity index (χ4v) is 1.08. The highest BCUT2D eigenvalue weighted by atomic mass is 19.4. The van der Waals surface area contributed by atoms with Crippen LogP contribution in [0.3, 0.4) is 0 Å². The third-order valence-electron chi connectivity index (χ3n) is 1.92. The van der Waals surface area contributed by atoms with E-state index in [-0.39, 0.29) is 0 Å². The van der Waals surface area contributed by atoms with Gasteiger partial charge in [0, 0.05) is 6.20 Å². The van der Waals surface area contributed by atoms with Crippen molar-refractivity contribution in [3.05, 3.63) is 42.1 Å². The number of para-hydroxylation sites is 1. The second kappa shape index (κ2) is 5.95. The Morgan fingerprint density at radius 1 is 1.28 bits per heavy atom. The summed E-state index contributed by atoms with van der Waals surface area (Å²) < 4.78 is 41.4. The lowest BCUT2D eigenvalue weighted by Gasteiger charge is -2.11. The second-order valence-corrected chi connectivity index (χ2v) is 3.18. The molecule has 1 rings (SSSR count). The van der Waals surface area contributed by atoms with Crippen molar-refractivity contribution in [2.24, 2.45) is 0 Å². The van der Waals surface area contributed by atoms with Crippen LogP contribution in [0.4, 0.5) is 18.9 Å². The molecule has 0 aliphatic heterocycles. The van der Waals surface area contributed by atoms with Crippen LogP contribution < -0.4 is 10.9 Å². The Morgan fingerprint density at radius 3 is 2.39 bits per heavy atom. The summed E-state index contributed by atoms with van der Waals surface area (Å²) in [5.74, 6) is -1.45. The molecule has 0 saturated heterocycles. The molecule has 0 fully saturated rings. The van der Waals surface area contributed by atoms with Crippen LogP contribution in [-0.4, -0.2) is 19.3 Å². The van der Waals surface area contributed by atoms with Gasteiger partial charge in [-0.25, -0.2) is 4.79 Å². The van der Waals surface area contributed by atoms with Crippen LogP contribution in [0, 0.1) is 0 Å². The lowest BCUT2D eigenvalue weighted by atomic mass is 10.3. The highest BCUT2D eigenvalue weighted by Gasteiger charge is 2.39. The van der Waals surface area contributed by atoms with Crippen molar-refractivity contribution in [3.8, 4) is 0 Å². The standard InChI is InChI=1S/C11H11F3N2O2/c1-18-10(17)9(11(12,13)14)7-15-16-8-5-3-2-4-6-8/h2-7,15-16H,1H3/b9-7+. The third-order valence-corrected chi connectivity index (χ3v) is 1.92. The zero-order valence-corrected chi connectivity index (χ0v) is 9.41. The Hall–Kier alpha value is -2.18. The largest absolute Gasteiger partial charge is 0.465 e. The minimum atomic E-state index is -4.78. The van der Waals surface area contributed by atoms with Crippen molar-refractivity contribution in [2.75, 3.05) is 12.5 Å². The van der Waals surface area contributed by atoms with E-state index >= 15 is 0 Å². The molecule has 18 heavy (non-hydrogen) atoms. The zero-order valence-electron chi connectivity index (χ0n) is 9.41. The molecule has 98 valence electrons. The summed E-state index contributed by atoms with van der Waals surface area (Å²) in [5, 5.41) is 0. The number of hydrogen-bond acceptors (Lipinski definition) is 4. The smallest absolute Gasteiger partial charge is 0.424 e. The Morgan fingerprint density at radius 2 is 1.89 bits per heavy atom. The van der Waals surface area contributed by atoms with Crippen LogP contribution in [0.25, 0.3) is 0 Å². The Balaban J connectivity index is 2.70. The van der Waals surface area contributed by atoms with E-state index in [2.05, 4.69) is 15.6 Å². The minimum Gasteiger partial charge on any atom is -0.465 e. The molecule has 7 heteroatoms. The topological polar surface area (TPSA) is 50.4 Å². The van der Waals surface area contributed by atoms with Gasteiger partial charge in [-0.2, -0.15) is 13.2 Å². The van der Waals surface area contributed by atoms with E-state index in [0.29, 0.717) is 11.9 Å². The fourth-order valence-electron chi connectivity index (χ4n) is 1.08. The first-order chi connectivity index (χ1) is 8.45. The number of nitrogens with one attached hydrogen (secondary N) is 2. The van der Waals surface area contributed by atoms with E-state index in [0.717, 1.165) is 7.11 Å². The van der Waals surface area contributed by atoms with E-state index in [9.17, 15) is 18.0 Å². The number of anilines is 1. The summed E-state index contributed by atoms with van der Waals surface area (Å²) >= 11 is 0. The van der Waals surface area contributed by atoms with Gasteiger partial charge >= 0.3 is 12.1 Å². The molecule has 0 aliphatic rings. The number of ether oxygens (including phenoxy) is 1. The molecule has 0 saturated carbocycles. The van der Waals surface area contributed by atoms with E-state index < -0.39 is 17.7 Å². The summed E-state index contributed by atoms with van der Waals surface area (Å²) in [5.41, 5.74) is 3.82. The van der Waals surface area contributed by atoms with Crippen LogP contribution in [0.5, 0.6) is 0 Å². The molecule has 0 heterocycles. The van der Waals surface area contributed by atoms with Gasteiger partial charge < -0.3 is 15.6 Å². The maximum Gasteiger partial charge on any atom is 0.424 e. The summed E-state index contributed by atoms with van der Waals surface area (Å²) in [7, 11) is 0.881. The molecule has 0 aliphatic carbocycles. The lowest BCUT2D eigenvalue weighted by Crippen LogP contribution is -2.25. The number of carbonyl (C=O) groups is 1. The maximum atomic E-state index is 12.4. The van der Waals surface area contributed by atoms with Crippen molar-refractivity contribution in [2.45, 2.75) is 6.18 Å². The molecule has 0 unspecified atom stereocenters. The molecule has 0 spiro atoms. The minimum absolute atomic E-state index is 0.513. The van der Waals surface area contributed by atoms with Gasteiger partial charge in [0.25, 0.3) is 0 Å². The van der Waals surface area contributed by atoms with Gasteiger partial charge in [0.15, 0.2) is 5.57 Å². The molecule has 0 radical (unpaired) electrons. The number of methoxy groups -OCH3 is 1. The second-order valence-electron chi connectivity index (χ2n) is 3.18. The monoisotopic (exact) mass is 260 g/mol. The molecule has 1 aromatic carbocycles. The van der Waals surface area contributed by atoms with Gasteiger partial charge in [0.2, 0.25) is 0 Å². The predicted octanol–water partition coefficient (Wildman–Crippen LogP) is 2.22. The highest BCUT2D eigenvalue weighted by molar-refractivity contribution is 5.89. The summed E-state index contributed by atoms with van der Waals surface area (Å²) in [6.07, 6.45) is -4.27. The van der Waals surface area contributed by atoms with Crippen LogP contribution in [0.1, 0.15) is 0 Å². The summed E-state index contributed by atoms with van der Waals surface area (Å²) in [4.78, 5) is 10.9. The number of rotatable bonds is 4. The fraction of sp³-hybridized carbons (Fsp3) is 0.182. The average molecular weight is 260 g/mol. The summed E-state index contributed by atoms with van der Waals surface area (Å²) in [6.45, 7) is 0. The first-order valence-corrected chi connectivity index (χ1v) is 4.87. The molecule has 0 bridgehead atoms. The molecular formula is C11H11F3N2O2. The first kappa shape index (κ1) is 13.9. The molecule has 2 N–H and O–H groups in total. The maximum absolute atomic E-state index is 12.4. The Labute approximate surface area is 101 Å². The molecule has 1 aromatic rings. The van der Waals surface area contributed by atoms with E-state index in [1.165, 1.54) is 0 Å². The SMILES string of the molecule is COC(=O)/C(=C\NNc1ccccc1)C(F)(F)F. The van der Waals surface area contributed by atoms with Gasteiger partial charge in [0.1, 0.15) is 0 Å². The molecule has 0 amide bonds. The molecular weight excluding hydrogens is 249 g/mol. The zero-order chi connectivity index (χ0) is 13.6. The van der Waals surface area contributed by atoms with Gasteiger partial charge in [-0.1, -0.05) is 18.2 Å². The lowest BCUT2D eigenvalue weighted by molar-refractivity contribution is -0.148. The number of benzene rings is 1. The number of carbonyl (C=O) groups excluding carboxylic acids is 1. The average Bonchev–Trinajstić information content (AvgIpc) is 2.33. The van der Waals surface area contributed by atoms with Crippen LogP contribution in [-0.2, 0) is 9.53 Å². The molecule has 0 aromatic heterocycles. The predicted molar refractivity (Wildman–Crippen MR) is 59.4 cm³/mol. The number of alkyl halides is 3. The number of esters is 1. The van der Waals surface area contributed by atoms with Crippen molar-refractivity contribution in [1.82, 2.24) is 5.43 Å². The van der Waals surface area contributed by atoms with Gasteiger partial charge in [0.05, 0.1) is 12.8 Å². The van der Waals surface area contributed by atoms with E-state index in [1.54, 1.807) is 30.3 Å². The molecule has 0 atom stereocenters. The van der Waals surface area contributed by atoms with Gasteiger partial charge in [-0.05, 0) is 12.1 Å². The van der Waals surface area contributed by atoms with Crippen molar-refractivity contribution in [3.63, 3.8) is 0 Å². The Kier molecular flexibility index (Phi) is 4.59.